The minimum Gasteiger partial charge on any atom is -0.466 e. The lowest BCUT2D eigenvalue weighted by atomic mass is 9.52. The second-order valence-electron chi connectivity index (χ2n) is 7.99. The second-order valence-corrected chi connectivity index (χ2v) is 7.99. The molecule has 0 amide bonds. The maximum absolute atomic E-state index is 12.3. The number of nitrogens with zero attached hydrogens (tertiary/aromatic N) is 1. The molecule has 5 heteroatoms. The van der Waals surface area contributed by atoms with Gasteiger partial charge in [0, 0.05) is 37.8 Å². The summed E-state index contributed by atoms with van der Waals surface area (Å²) in [6.45, 7) is 5.87. The molecule has 5 nitrogen and oxygen atoms in total. The van der Waals surface area contributed by atoms with Gasteiger partial charge in [0.15, 0.2) is 0 Å². The summed E-state index contributed by atoms with van der Waals surface area (Å²) in [5.74, 6) is 0.625. The standard InChI is InChI=1S/C18H29NO4/c1-13-9-17-11-15(21)12-18(22,10-13)16(17)5-3-6-19(17)7-4-8-23-14(2)20/h13,16,22H,3-12H2,1-2H3/t13-,16-,17-,18+/m0/s1. The zero-order valence-electron chi connectivity index (χ0n) is 14.3. The molecular formula is C18H29NO4. The lowest BCUT2D eigenvalue weighted by molar-refractivity contribution is -0.194. The first-order valence-corrected chi connectivity index (χ1v) is 8.98. The predicted octanol–water partition coefficient (Wildman–Crippen LogP) is 1.91. The van der Waals surface area contributed by atoms with Crippen molar-refractivity contribution < 1.29 is 19.4 Å². The third-order valence-corrected chi connectivity index (χ3v) is 6.14. The van der Waals surface area contributed by atoms with Gasteiger partial charge in [0.2, 0.25) is 0 Å². The number of aliphatic hydroxyl groups is 1. The number of ether oxygens (including phenoxy) is 1. The van der Waals surface area contributed by atoms with E-state index in [2.05, 4.69) is 11.8 Å². The van der Waals surface area contributed by atoms with Gasteiger partial charge in [0.1, 0.15) is 5.78 Å². The number of Topliss-reactive ketones (excluding diaryl/α,β-unsaturated/α-hetero) is 1. The molecule has 2 saturated carbocycles. The molecule has 1 saturated heterocycles. The number of rotatable bonds is 4. The number of ketones is 1. The normalized spacial score (nSPS) is 40.6. The number of carbonyl (C=O) groups is 2. The third-order valence-electron chi connectivity index (χ3n) is 6.14. The average Bonchev–Trinajstić information content (AvgIpc) is 2.41. The molecule has 1 aliphatic heterocycles. The first-order valence-electron chi connectivity index (χ1n) is 8.98. The van der Waals surface area contributed by atoms with Gasteiger partial charge in [-0.3, -0.25) is 14.5 Å². The molecule has 0 radical (unpaired) electrons. The monoisotopic (exact) mass is 323 g/mol. The first-order chi connectivity index (χ1) is 10.9. The zero-order chi connectivity index (χ0) is 16.7. The number of carbonyl (C=O) groups excluding carboxylic acids is 2. The number of hydrogen-bond donors (Lipinski definition) is 1. The molecule has 3 rings (SSSR count). The molecule has 0 aromatic heterocycles. The molecule has 1 N–H and O–H groups in total. The van der Waals surface area contributed by atoms with Gasteiger partial charge >= 0.3 is 5.97 Å². The highest BCUT2D eigenvalue weighted by Gasteiger charge is 2.62. The van der Waals surface area contributed by atoms with E-state index in [4.69, 9.17) is 4.74 Å². The highest BCUT2D eigenvalue weighted by Crippen LogP contribution is 2.56. The molecule has 130 valence electrons. The Morgan fingerprint density at radius 1 is 1.39 bits per heavy atom. The highest BCUT2D eigenvalue weighted by molar-refractivity contribution is 5.82. The SMILES string of the molecule is CC(=O)OCCCN1CCC[C@@H]2[C@]3(O)CC(=O)C[C@@]21C[C@H](C)C3. The van der Waals surface area contributed by atoms with E-state index in [0.29, 0.717) is 25.4 Å². The summed E-state index contributed by atoms with van der Waals surface area (Å²) in [6, 6.07) is 0. The molecule has 1 heterocycles. The summed E-state index contributed by atoms with van der Waals surface area (Å²) < 4.78 is 5.05. The van der Waals surface area contributed by atoms with Crippen LogP contribution in [-0.2, 0) is 14.3 Å². The minimum atomic E-state index is -0.804. The van der Waals surface area contributed by atoms with Crippen LogP contribution in [0.4, 0.5) is 0 Å². The number of likely N-dealkylation sites (tertiary alicyclic amines) is 1. The lowest BCUT2D eigenvalue weighted by Gasteiger charge is -2.63. The average molecular weight is 323 g/mol. The Bertz CT molecular complexity index is 493. The van der Waals surface area contributed by atoms with E-state index in [1.165, 1.54) is 6.92 Å². The fourth-order valence-electron chi connectivity index (χ4n) is 5.71. The maximum Gasteiger partial charge on any atom is 0.302 e. The molecule has 2 aliphatic carbocycles. The maximum atomic E-state index is 12.3. The van der Waals surface area contributed by atoms with Crippen LogP contribution in [0.15, 0.2) is 0 Å². The van der Waals surface area contributed by atoms with Gasteiger partial charge < -0.3 is 9.84 Å². The predicted molar refractivity (Wildman–Crippen MR) is 85.9 cm³/mol. The number of hydrogen-bond acceptors (Lipinski definition) is 5. The molecule has 0 aromatic carbocycles. The Hall–Kier alpha value is -0.940. The molecular weight excluding hydrogens is 294 g/mol. The zero-order valence-corrected chi connectivity index (χ0v) is 14.3. The highest BCUT2D eigenvalue weighted by atomic mass is 16.5. The summed E-state index contributed by atoms with van der Waals surface area (Å²) in [4.78, 5) is 25.7. The van der Waals surface area contributed by atoms with Crippen molar-refractivity contribution in [3.8, 4) is 0 Å². The van der Waals surface area contributed by atoms with Gasteiger partial charge in [0.25, 0.3) is 0 Å². The Balaban J connectivity index is 1.78. The Labute approximate surface area is 138 Å². The van der Waals surface area contributed by atoms with Gasteiger partial charge in [-0.25, -0.2) is 0 Å². The van der Waals surface area contributed by atoms with Crippen molar-refractivity contribution in [1.82, 2.24) is 4.90 Å². The van der Waals surface area contributed by atoms with E-state index in [-0.39, 0.29) is 23.2 Å². The Kier molecular flexibility index (Phi) is 4.53. The van der Waals surface area contributed by atoms with E-state index in [0.717, 1.165) is 45.2 Å². The Morgan fingerprint density at radius 3 is 2.91 bits per heavy atom. The van der Waals surface area contributed by atoms with E-state index in [9.17, 15) is 14.7 Å². The van der Waals surface area contributed by atoms with Gasteiger partial charge in [0.05, 0.1) is 12.2 Å². The molecule has 23 heavy (non-hydrogen) atoms. The fourth-order valence-corrected chi connectivity index (χ4v) is 5.71. The summed E-state index contributed by atoms with van der Waals surface area (Å²) in [6.07, 6.45) is 5.56. The molecule has 3 fully saturated rings. The van der Waals surface area contributed by atoms with Crippen LogP contribution in [0.3, 0.4) is 0 Å². The lowest BCUT2D eigenvalue weighted by Crippen LogP contribution is -2.70. The van der Waals surface area contributed by atoms with Gasteiger partial charge in [-0.05, 0) is 44.6 Å². The van der Waals surface area contributed by atoms with Crippen LogP contribution in [-0.4, -0.2) is 52.6 Å². The Morgan fingerprint density at radius 2 is 2.17 bits per heavy atom. The van der Waals surface area contributed by atoms with Crippen molar-refractivity contribution in [3.63, 3.8) is 0 Å². The smallest absolute Gasteiger partial charge is 0.302 e. The van der Waals surface area contributed by atoms with Crippen molar-refractivity contribution in [3.05, 3.63) is 0 Å². The van der Waals surface area contributed by atoms with E-state index < -0.39 is 5.60 Å². The third kappa shape index (κ3) is 3.05. The van der Waals surface area contributed by atoms with Crippen LogP contribution in [0.5, 0.6) is 0 Å². The van der Waals surface area contributed by atoms with Crippen LogP contribution in [0.25, 0.3) is 0 Å². The van der Waals surface area contributed by atoms with Gasteiger partial charge in [-0.15, -0.1) is 0 Å². The minimum absolute atomic E-state index is 0.170. The van der Waals surface area contributed by atoms with E-state index in [1.54, 1.807) is 0 Å². The largest absolute Gasteiger partial charge is 0.466 e. The molecule has 3 aliphatic rings. The summed E-state index contributed by atoms with van der Waals surface area (Å²) in [7, 11) is 0. The van der Waals surface area contributed by atoms with Crippen molar-refractivity contribution in [2.75, 3.05) is 19.7 Å². The molecule has 4 atom stereocenters. The summed E-state index contributed by atoms with van der Waals surface area (Å²) >= 11 is 0. The van der Waals surface area contributed by atoms with Crippen molar-refractivity contribution in [2.24, 2.45) is 11.8 Å². The molecule has 0 spiro atoms. The van der Waals surface area contributed by atoms with Crippen molar-refractivity contribution in [1.29, 1.82) is 0 Å². The van der Waals surface area contributed by atoms with Crippen LogP contribution < -0.4 is 0 Å². The summed E-state index contributed by atoms with van der Waals surface area (Å²) in [5.41, 5.74) is -0.974. The van der Waals surface area contributed by atoms with E-state index >= 15 is 0 Å². The molecule has 0 aromatic rings. The van der Waals surface area contributed by atoms with Crippen molar-refractivity contribution >= 4 is 11.8 Å². The quantitative estimate of drug-likeness (QED) is 0.632. The number of piperidine rings is 1. The van der Waals surface area contributed by atoms with Crippen LogP contribution in [0.2, 0.25) is 0 Å². The molecule has 2 bridgehead atoms. The van der Waals surface area contributed by atoms with E-state index in [1.807, 2.05) is 0 Å². The van der Waals surface area contributed by atoms with Crippen LogP contribution >= 0.6 is 0 Å². The fraction of sp³-hybridized carbons (Fsp3) is 0.889. The molecule has 0 unspecified atom stereocenters. The first kappa shape index (κ1) is 16.9. The van der Waals surface area contributed by atoms with Crippen LogP contribution in [0, 0.1) is 11.8 Å². The van der Waals surface area contributed by atoms with Gasteiger partial charge in [-0.2, -0.15) is 0 Å². The van der Waals surface area contributed by atoms with Crippen LogP contribution in [0.1, 0.15) is 58.8 Å². The van der Waals surface area contributed by atoms with Crippen molar-refractivity contribution in [2.45, 2.75) is 69.9 Å². The number of esters is 1. The summed E-state index contributed by atoms with van der Waals surface area (Å²) in [5, 5.41) is 11.2. The second kappa shape index (κ2) is 6.17. The topological polar surface area (TPSA) is 66.8 Å². The van der Waals surface area contributed by atoms with Gasteiger partial charge in [-0.1, -0.05) is 6.92 Å².